The summed E-state index contributed by atoms with van der Waals surface area (Å²) < 4.78 is 0.948. The lowest BCUT2D eigenvalue weighted by molar-refractivity contribution is -0.145. The summed E-state index contributed by atoms with van der Waals surface area (Å²) in [5.41, 5.74) is 2.44. The van der Waals surface area contributed by atoms with Gasteiger partial charge in [-0.3, -0.25) is 14.5 Å². The zero-order valence-corrected chi connectivity index (χ0v) is 12.3. The summed E-state index contributed by atoms with van der Waals surface area (Å²) >= 11 is 3.43. The Bertz CT molecular complexity index is 682. The molecular weight excluding hydrogens is 320 g/mol. The summed E-state index contributed by atoms with van der Waals surface area (Å²) in [4.78, 5) is 29.5. The van der Waals surface area contributed by atoms with Crippen molar-refractivity contribution < 1.29 is 9.59 Å². The van der Waals surface area contributed by atoms with Gasteiger partial charge in [0, 0.05) is 35.5 Å². The third kappa shape index (κ3) is 2.39. The van der Waals surface area contributed by atoms with Gasteiger partial charge in [-0.2, -0.15) is 0 Å². The molecule has 2 heterocycles. The van der Waals surface area contributed by atoms with Crippen LogP contribution in [0.1, 0.15) is 24.8 Å². The Morgan fingerprint density at radius 3 is 2.70 bits per heavy atom. The minimum atomic E-state index is -0.132. The van der Waals surface area contributed by atoms with Gasteiger partial charge in [0.05, 0.1) is 11.6 Å². The minimum Gasteiger partial charge on any atom is -0.274 e. The summed E-state index contributed by atoms with van der Waals surface area (Å²) in [6.45, 7) is 0. The van der Waals surface area contributed by atoms with E-state index in [4.69, 9.17) is 0 Å². The number of benzene rings is 1. The van der Waals surface area contributed by atoms with Gasteiger partial charge in [-0.15, -0.1) is 0 Å². The highest BCUT2D eigenvalue weighted by atomic mass is 79.9. The third-order valence-corrected chi connectivity index (χ3v) is 3.89. The van der Waals surface area contributed by atoms with E-state index in [9.17, 15) is 9.59 Å². The number of imide groups is 1. The average Bonchev–Trinajstić information content (AvgIpc) is 2.60. The largest absolute Gasteiger partial charge is 0.344 e. The Morgan fingerprint density at radius 1 is 1.20 bits per heavy atom. The van der Waals surface area contributed by atoms with E-state index in [0.717, 1.165) is 15.7 Å². The van der Waals surface area contributed by atoms with Gasteiger partial charge < -0.3 is 0 Å². The molecule has 3 rings (SSSR count). The summed E-state index contributed by atoms with van der Waals surface area (Å²) in [6.07, 6.45) is 3.62. The number of carbonyl (C=O) groups excluding carboxylic acids is 2. The maximum Gasteiger partial charge on any atom is 0.344 e. The fraction of sp³-hybridized carbons (Fsp3) is 0.267. The van der Waals surface area contributed by atoms with E-state index < -0.39 is 0 Å². The van der Waals surface area contributed by atoms with Crippen LogP contribution in [0.5, 0.6) is 0 Å². The van der Waals surface area contributed by atoms with Crippen LogP contribution in [-0.4, -0.2) is 16.7 Å². The van der Waals surface area contributed by atoms with Crippen molar-refractivity contribution in [3.63, 3.8) is 0 Å². The van der Waals surface area contributed by atoms with E-state index in [1.54, 1.807) is 6.08 Å². The van der Waals surface area contributed by atoms with Crippen LogP contribution in [0.2, 0.25) is 0 Å². The lowest BCUT2D eigenvalue weighted by Crippen LogP contribution is -2.39. The summed E-state index contributed by atoms with van der Waals surface area (Å²) in [5.74, 6) is -0.263. The first-order valence-electron chi connectivity index (χ1n) is 6.44. The van der Waals surface area contributed by atoms with Crippen molar-refractivity contribution in [2.75, 3.05) is 0 Å². The topological polar surface area (TPSA) is 41.7 Å². The SMILES string of the molecule is O=C1CCCC(=O)N1C1=CC#[N+]c2ccc(Br)cc2C1. The molecule has 0 N–H and O–H groups in total. The molecule has 0 bridgehead atoms. The normalized spacial score (nSPS) is 17.9. The number of nitrogens with zero attached hydrogens (tertiary/aromatic N) is 2. The monoisotopic (exact) mass is 331 g/mol. The molecule has 20 heavy (non-hydrogen) atoms. The molecule has 1 saturated heterocycles. The second-order valence-electron chi connectivity index (χ2n) is 4.80. The fourth-order valence-electron chi connectivity index (χ4n) is 2.44. The lowest BCUT2D eigenvalue weighted by Gasteiger charge is -2.26. The molecule has 0 saturated carbocycles. The molecule has 1 aromatic carbocycles. The zero-order chi connectivity index (χ0) is 14.1. The van der Waals surface area contributed by atoms with Crippen LogP contribution in [0.4, 0.5) is 5.69 Å². The molecule has 1 fully saturated rings. The number of piperidine rings is 1. The van der Waals surface area contributed by atoms with E-state index in [-0.39, 0.29) is 11.8 Å². The Hall–Kier alpha value is -1.93. The Kier molecular flexibility index (Phi) is 3.41. The highest BCUT2D eigenvalue weighted by Gasteiger charge is 2.31. The molecule has 0 aromatic heterocycles. The van der Waals surface area contributed by atoms with E-state index in [0.29, 0.717) is 31.4 Å². The minimum absolute atomic E-state index is 0.132. The number of carbonyl (C=O) groups is 2. The highest BCUT2D eigenvalue weighted by molar-refractivity contribution is 9.10. The number of hydrogen-bond donors (Lipinski definition) is 0. The van der Waals surface area contributed by atoms with Gasteiger partial charge in [-0.25, -0.2) is 0 Å². The van der Waals surface area contributed by atoms with Gasteiger partial charge in [0.15, 0.2) is 0 Å². The van der Waals surface area contributed by atoms with Crippen LogP contribution in [-0.2, 0) is 16.0 Å². The van der Waals surface area contributed by atoms with Gasteiger partial charge >= 0.3 is 11.8 Å². The molecule has 0 aliphatic carbocycles. The van der Waals surface area contributed by atoms with Gasteiger partial charge in [-0.1, -0.05) is 15.9 Å². The molecule has 2 amide bonds. The lowest BCUT2D eigenvalue weighted by atomic mass is 10.0. The van der Waals surface area contributed by atoms with E-state index >= 15 is 0 Å². The fourth-order valence-corrected chi connectivity index (χ4v) is 2.85. The molecular formula is C15H12BrN2O2+. The second-order valence-corrected chi connectivity index (χ2v) is 5.72. The number of hydrogen-bond acceptors (Lipinski definition) is 2. The number of fused-ring (bicyclic) bond motifs is 1. The molecule has 0 radical (unpaired) electrons. The molecule has 0 atom stereocenters. The summed E-state index contributed by atoms with van der Waals surface area (Å²) in [7, 11) is 0. The summed E-state index contributed by atoms with van der Waals surface area (Å²) in [6, 6.07) is 8.57. The van der Waals surface area contributed by atoms with Crippen LogP contribution in [0.25, 0.3) is 4.85 Å². The smallest absolute Gasteiger partial charge is 0.274 e. The Labute approximate surface area is 125 Å². The van der Waals surface area contributed by atoms with Crippen LogP contribution in [0.15, 0.2) is 34.4 Å². The maximum absolute atomic E-state index is 12.0. The number of amides is 2. The highest BCUT2D eigenvalue weighted by Crippen LogP contribution is 2.30. The molecule has 0 spiro atoms. The molecule has 100 valence electrons. The Balaban J connectivity index is 1.97. The first kappa shape index (κ1) is 13.1. The summed E-state index contributed by atoms with van der Waals surface area (Å²) in [5, 5.41) is 0. The van der Waals surface area contributed by atoms with Crippen LogP contribution in [0.3, 0.4) is 0 Å². The predicted molar refractivity (Wildman–Crippen MR) is 78.5 cm³/mol. The van der Waals surface area contributed by atoms with E-state index in [1.807, 2.05) is 18.2 Å². The molecule has 2 aliphatic heterocycles. The first-order chi connectivity index (χ1) is 9.65. The predicted octanol–water partition coefficient (Wildman–Crippen LogP) is 3.39. The molecule has 0 unspecified atom stereocenters. The third-order valence-electron chi connectivity index (χ3n) is 3.40. The maximum atomic E-state index is 12.0. The number of allylic oxidation sites excluding steroid dienone is 2. The standard InChI is InChI=1S/C15H12BrN2O2/c16-11-4-5-13-10(8-11)9-12(6-7-17-13)18-14(19)2-1-3-15(18)20/h4-6,8H,1-3,9H2/q+1. The molecule has 5 heteroatoms. The number of likely N-dealkylation sites (tertiary alicyclic amines) is 1. The van der Waals surface area contributed by atoms with Crippen molar-refractivity contribution in [1.29, 1.82) is 0 Å². The number of rotatable bonds is 1. The average molecular weight is 332 g/mol. The van der Waals surface area contributed by atoms with Gasteiger partial charge in [-0.05, 0) is 23.4 Å². The van der Waals surface area contributed by atoms with Crippen molar-refractivity contribution in [2.45, 2.75) is 25.7 Å². The quantitative estimate of drug-likeness (QED) is 0.740. The van der Waals surface area contributed by atoms with Crippen LogP contribution in [0, 0.1) is 6.07 Å². The molecule has 1 aromatic rings. The Morgan fingerprint density at radius 2 is 1.95 bits per heavy atom. The van der Waals surface area contributed by atoms with E-state index in [2.05, 4.69) is 26.8 Å². The van der Waals surface area contributed by atoms with Crippen molar-refractivity contribution in [3.05, 3.63) is 44.9 Å². The molecule has 2 aliphatic rings. The first-order valence-corrected chi connectivity index (χ1v) is 7.24. The van der Waals surface area contributed by atoms with Crippen molar-refractivity contribution in [2.24, 2.45) is 0 Å². The molecule has 4 nitrogen and oxygen atoms in total. The van der Waals surface area contributed by atoms with Gasteiger partial charge in [0.25, 0.3) is 0 Å². The van der Waals surface area contributed by atoms with Crippen molar-refractivity contribution >= 4 is 33.4 Å². The zero-order valence-electron chi connectivity index (χ0n) is 10.7. The van der Waals surface area contributed by atoms with E-state index in [1.165, 1.54) is 4.90 Å². The number of halogens is 1. The second kappa shape index (κ2) is 5.22. The van der Waals surface area contributed by atoms with Gasteiger partial charge in [0.1, 0.15) is 0 Å². The van der Waals surface area contributed by atoms with Crippen molar-refractivity contribution in [3.8, 4) is 6.07 Å². The van der Waals surface area contributed by atoms with Gasteiger partial charge in [0.2, 0.25) is 11.8 Å². The van der Waals surface area contributed by atoms with Crippen LogP contribution >= 0.6 is 15.9 Å². The van der Waals surface area contributed by atoms with Crippen molar-refractivity contribution in [1.82, 2.24) is 4.90 Å². The van der Waals surface area contributed by atoms with Crippen LogP contribution < -0.4 is 0 Å².